The summed E-state index contributed by atoms with van der Waals surface area (Å²) < 4.78 is 0. The molecule has 0 atom stereocenters. The van der Waals surface area contributed by atoms with Crippen LogP contribution in [-0.4, -0.2) is 19.0 Å². The van der Waals surface area contributed by atoms with Crippen molar-refractivity contribution in [2.45, 2.75) is 13.5 Å². The largest absolute Gasteiger partial charge is 0.398 e. The molecule has 2 nitrogen and oxygen atoms in total. The molecule has 2 N–H and O–H groups in total. The molecule has 1 rings (SSSR count). The minimum atomic E-state index is 0.892. The highest BCUT2D eigenvalue weighted by molar-refractivity contribution is 5.50. The molecule has 0 aliphatic heterocycles. The van der Waals surface area contributed by atoms with E-state index in [4.69, 9.17) is 5.73 Å². The van der Waals surface area contributed by atoms with Crippen LogP contribution in [0.3, 0.4) is 0 Å². The molecular formula is C10H16N2. The van der Waals surface area contributed by atoms with E-state index in [9.17, 15) is 0 Å². The fraction of sp³-hybridized carbons (Fsp3) is 0.400. The van der Waals surface area contributed by atoms with Crippen LogP contribution in [0, 0.1) is 6.92 Å². The zero-order chi connectivity index (χ0) is 9.14. The molecule has 0 bridgehead atoms. The van der Waals surface area contributed by atoms with Gasteiger partial charge in [0.05, 0.1) is 0 Å². The smallest absolute Gasteiger partial charge is 0.0362 e. The van der Waals surface area contributed by atoms with E-state index in [0.717, 1.165) is 12.2 Å². The van der Waals surface area contributed by atoms with Crippen molar-refractivity contribution < 1.29 is 0 Å². The zero-order valence-electron chi connectivity index (χ0n) is 7.96. The molecule has 0 radical (unpaired) electrons. The third-order valence-corrected chi connectivity index (χ3v) is 1.92. The Morgan fingerprint density at radius 3 is 2.50 bits per heavy atom. The second-order valence-corrected chi connectivity index (χ2v) is 3.38. The molecule has 0 aromatic heterocycles. The summed E-state index contributed by atoms with van der Waals surface area (Å²) in [4.78, 5) is 2.12. The third-order valence-electron chi connectivity index (χ3n) is 1.92. The van der Waals surface area contributed by atoms with E-state index in [2.05, 4.69) is 17.9 Å². The molecule has 0 fully saturated rings. The monoisotopic (exact) mass is 164 g/mol. The van der Waals surface area contributed by atoms with Gasteiger partial charge in [0.25, 0.3) is 0 Å². The maximum absolute atomic E-state index is 5.84. The van der Waals surface area contributed by atoms with E-state index >= 15 is 0 Å². The van der Waals surface area contributed by atoms with Crippen molar-refractivity contribution >= 4 is 5.69 Å². The summed E-state index contributed by atoms with van der Waals surface area (Å²) in [5.74, 6) is 0. The van der Waals surface area contributed by atoms with Gasteiger partial charge in [-0.3, -0.25) is 0 Å². The molecule has 2 heteroatoms. The van der Waals surface area contributed by atoms with E-state index in [1.807, 2.05) is 26.2 Å². The average Bonchev–Trinajstić information content (AvgIpc) is 1.97. The van der Waals surface area contributed by atoms with Gasteiger partial charge < -0.3 is 10.6 Å². The maximum Gasteiger partial charge on any atom is 0.0362 e. The molecule has 1 aromatic carbocycles. The van der Waals surface area contributed by atoms with E-state index in [1.165, 1.54) is 11.1 Å². The van der Waals surface area contributed by atoms with Crippen molar-refractivity contribution in [3.05, 3.63) is 29.3 Å². The number of hydrogen-bond donors (Lipinski definition) is 1. The molecule has 0 unspecified atom stereocenters. The van der Waals surface area contributed by atoms with Gasteiger partial charge >= 0.3 is 0 Å². The summed E-state index contributed by atoms with van der Waals surface area (Å²) in [6.45, 7) is 3.01. The van der Waals surface area contributed by atoms with Gasteiger partial charge in [0.1, 0.15) is 0 Å². The van der Waals surface area contributed by atoms with Crippen LogP contribution in [0.25, 0.3) is 0 Å². The first-order chi connectivity index (χ1) is 5.61. The first kappa shape index (κ1) is 9.07. The fourth-order valence-corrected chi connectivity index (χ4v) is 1.26. The van der Waals surface area contributed by atoms with Gasteiger partial charge in [0.15, 0.2) is 0 Å². The highest BCUT2D eigenvalue weighted by Gasteiger charge is 2.02. The summed E-state index contributed by atoms with van der Waals surface area (Å²) in [6, 6.07) is 6.03. The molecule has 0 heterocycles. The number of aryl methyl sites for hydroxylation is 1. The Labute approximate surface area is 74.0 Å². The molecule has 12 heavy (non-hydrogen) atoms. The van der Waals surface area contributed by atoms with Crippen LogP contribution >= 0.6 is 0 Å². The molecule has 0 saturated carbocycles. The van der Waals surface area contributed by atoms with Crippen LogP contribution in [0.2, 0.25) is 0 Å². The average molecular weight is 164 g/mol. The van der Waals surface area contributed by atoms with Crippen molar-refractivity contribution in [3.63, 3.8) is 0 Å². The number of benzene rings is 1. The predicted octanol–water partition coefficient (Wildman–Crippen LogP) is 1.64. The first-order valence-electron chi connectivity index (χ1n) is 4.10. The van der Waals surface area contributed by atoms with Crippen molar-refractivity contribution in [2.24, 2.45) is 0 Å². The Kier molecular flexibility index (Phi) is 2.71. The van der Waals surface area contributed by atoms with Gasteiger partial charge in [0.2, 0.25) is 0 Å². The number of hydrogen-bond acceptors (Lipinski definition) is 2. The lowest BCUT2D eigenvalue weighted by Crippen LogP contribution is -2.13. The molecular weight excluding hydrogens is 148 g/mol. The van der Waals surface area contributed by atoms with Crippen LogP contribution in [0.1, 0.15) is 11.1 Å². The Bertz CT molecular complexity index is 246. The zero-order valence-corrected chi connectivity index (χ0v) is 7.96. The Hall–Kier alpha value is -1.02. The second-order valence-electron chi connectivity index (χ2n) is 3.38. The van der Waals surface area contributed by atoms with Gasteiger partial charge in [-0.1, -0.05) is 12.1 Å². The van der Waals surface area contributed by atoms with Gasteiger partial charge in [0, 0.05) is 12.2 Å². The minimum absolute atomic E-state index is 0.892. The number of rotatable bonds is 2. The normalized spacial score (nSPS) is 10.7. The van der Waals surface area contributed by atoms with Crippen LogP contribution in [0.15, 0.2) is 18.2 Å². The molecule has 0 amide bonds. The lowest BCUT2D eigenvalue weighted by Gasteiger charge is -2.14. The van der Waals surface area contributed by atoms with Gasteiger partial charge in [-0.2, -0.15) is 0 Å². The molecule has 0 aliphatic rings. The van der Waals surface area contributed by atoms with Crippen molar-refractivity contribution in [1.29, 1.82) is 0 Å². The summed E-state index contributed by atoms with van der Waals surface area (Å²) >= 11 is 0. The Balaban J connectivity index is 2.96. The van der Waals surface area contributed by atoms with Gasteiger partial charge in [-0.05, 0) is 38.2 Å². The van der Waals surface area contributed by atoms with E-state index in [0.29, 0.717) is 0 Å². The summed E-state index contributed by atoms with van der Waals surface area (Å²) in [5.41, 5.74) is 9.24. The first-order valence-corrected chi connectivity index (χ1v) is 4.10. The second kappa shape index (κ2) is 3.59. The van der Waals surface area contributed by atoms with Crippen LogP contribution in [0.5, 0.6) is 0 Å². The summed E-state index contributed by atoms with van der Waals surface area (Å²) in [6.07, 6.45) is 0. The summed E-state index contributed by atoms with van der Waals surface area (Å²) in [7, 11) is 4.10. The highest BCUT2D eigenvalue weighted by Crippen LogP contribution is 2.16. The van der Waals surface area contributed by atoms with E-state index in [-0.39, 0.29) is 0 Å². The lowest BCUT2D eigenvalue weighted by molar-refractivity contribution is 0.402. The standard InChI is InChI=1S/C10H16N2/c1-8-5-4-6-10(11)9(8)7-12(2)3/h4-6H,7,11H2,1-3H3. The van der Waals surface area contributed by atoms with E-state index < -0.39 is 0 Å². The number of nitrogen functional groups attached to an aromatic ring is 1. The van der Waals surface area contributed by atoms with Crippen LogP contribution in [0.4, 0.5) is 5.69 Å². The quantitative estimate of drug-likeness (QED) is 0.673. The van der Waals surface area contributed by atoms with Gasteiger partial charge in [-0.15, -0.1) is 0 Å². The molecule has 1 aromatic rings. The molecule has 0 spiro atoms. The number of anilines is 1. The van der Waals surface area contributed by atoms with Crippen LogP contribution < -0.4 is 5.73 Å². The minimum Gasteiger partial charge on any atom is -0.398 e. The number of nitrogens with zero attached hydrogens (tertiary/aromatic N) is 1. The summed E-state index contributed by atoms with van der Waals surface area (Å²) in [5, 5.41) is 0. The Morgan fingerprint density at radius 1 is 1.33 bits per heavy atom. The van der Waals surface area contributed by atoms with E-state index in [1.54, 1.807) is 0 Å². The molecule has 66 valence electrons. The lowest BCUT2D eigenvalue weighted by atomic mass is 10.1. The number of nitrogens with two attached hydrogens (primary N) is 1. The predicted molar refractivity (Wildman–Crippen MR) is 53.0 cm³/mol. The van der Waals surface area contributed by atoms with Crippen LogP contribution in [-0.2, 0) is 6.54 Å². The SMILES string of the molecule is Cc1cccc(N)c1CN(C)C. The van der Waals surface area contributed by atoms with Crippen molar-refractivity contribution in [1.82, 2.24) is 4.90 Å². The molecule has 0 aliphatic carbocycles. The highest BCUT2D eigenvalue weighted by atomic mass is 15.0. The maximum atomic E-state index is 5.84. The molecule has 0 saturated heterocycles. The third kappa shape index (κ3) is 1.98. The Morgan fingerprint density at radius 2 is 2.00 bits per heavy atom. The fourth-order valence-electron chi connectivity index (χ4n) is 1.26. The topological polar surface area (TPSA) is 29.3 Å². The van der Waals surface area contributed by atoms with Crippen molar-refractivity contribution in [2.75, 3.05) is 19.8 Å². The van der Waals surface area contributed by atoms with Crippen molar-refractivity contribution in [3.8, 4) is 0 Å². The van der Waals surface area contributed by atoms with Gasteiger partial charge in [-0.25, -0.2) is 0 Å².